The van der Waals surface area contributed by atoms with E-state index in [1.807, 2.05) is 62.6 Å². The largest absolute Gasteiger partial charge is 0.383 e. The van der Waals surface area contributed by atoms with Gasteiger partial charge in [0, 0.05) is 60.3 Å². The summed E-state index contributed by atoms with van der Waals surface area (Å²) in [4.78, 5) is 32.1. The van der Waals surface area contributed by atoms with Gasteiger partial charge < -0.3 is 16.0 Å². The average molecular weight is 515 g/mol. The molecule has 2 aromatic carbocycles. The molecule has 0 radical (unpaired) electrons. The molecule has 1 aliphatic heterocycles. The van der Waals surface area contributed by atoms with Crippen LogP contribution in [0.1, 0.15) is 32.7 Å². The molecule has 188 valence electrons. The van der Waals surface area contributed by atoms with Crippen LogP contribution in [-0.4, -0.2) is 50.6 Å². The van der Waals surface area contributed by atoms with Crippen molar-refractivity contribution in [3.8, 4) is 22.3 Å². The predicted molar refractivity (Wildman–Crippen MR) is 144 cm³/mol. The number of halogens is 1. The Kier molecular flexibility index (Phi) is 6.67. The van der Waals surface area contributed by atoms with Crippen LogP contribution >= 0.6 is 11.6 Å². The maximum Gasteiger partial charge on any atom is 0.255 e. The van der Waals surface area contributed by atoms with Crippen molar-refractivity contribution < 1.29 is 9.59 Å². The number of carbonyl (C=O) groups excluding carboxylic acids is 2. The molecule has 5 rings (SSSR count). The van der Waals surface area contributed by atoms with Gasteiger partial charge in [-0.25, -0.2) is 4.98 Å². The quantitative estimate of drug-likeness (QED) is 0.412. The summed E-state index contributed by atoms with van der Waals surface area (Å²) < 4.78 is 1.68. The van der Waals surface area contributed by atoms with E-state index < -0.39 is 0 Å². The second kappa shape index (κ2) is 10.1. The van der Waals surface area contributed by atoms with Crippen LogP contribution in [0, 0.1) is 6.92 Å². The van der Waals surface area contributed by atoms with Crippen LogP contribution < -0.4 is 11.1 Å². The molecular formula is C28H27ClN6O2. The van der Waals surface area contributed by atoms with Gasteiger partial charge in [0.1, 0.15) is 5.82 Å². The lowest BCUT2D eigenvalue weighted by Crippen LogP contribution is -2.38. The Hall–Kier alpha value is -4.17. The minimum atomic E-state index is -0.308. The van der Waals surface area contributed by atoms with Crippen LogP contribution in [0.5, 0.6) is 0 Å². The molecule has 3 heterocycles. The first-order chi connectivity index (χ1) is 17.8. The van der Waals surface area contributed by atoms with Crippen LogP contribution in [0.15, 0.2) is 67.1 Å². The fourth-order valence-corrected chi connectivity index (χ4v) is 4.86. The van der Waals surface area contributed by atoms with E-state index in [2.05, 4.69) is 15.4 Å². The fraction of sp³-hybridized carbons (Fsp3) is 0.214. The highest BCUT2D eigenvalue weighted by molar-refractivity contribution is 6.30. The third kappa shape index (κ3) is 5.20. The minimum absolute atomic E-state index is 0.0594. The minimum Gasteiger partial charge on any atom is -0.383 e. The van der Waals surface area contributed by atoms with E-state index in [0.29, 0.717) is 35.7 Å². The molecule has 0 unspecified atom stereocenters. The Labute approximate surface area is 220 Å². The van der Waals surface area contributed by atoms with Crippen molar-refractivity contribution >= 4 is 29.2 Å². The number of nitrogens with one attached hydrogen (secondary N) is 1. The smallest absolute Gasteiger partial charge is 0.255 e. The number of anilines is 1. The number of aryl methyl sites for hydroxylation is 2. The number of hydrogen-bond acceptors (Lipinski definition) is 5. The lowest BCUT2D eigenvalue weighted by Gasteiger charge is -2.18. The zero-order chi connectivity index (χ0) is 26.1. The topological polar surface area (TPSA) is 106 Å². The Morgan fingerprint density at radius 3 is 2.54 bits per heavy atom. The first-order valence-electron chi connectivity index (χ1n) is 12.0. The number of aromatic nitrogens is 3. The van der Waals surface area contributed by atoms with Crippen molar-refractivity contribution in [1.82, 2.24) is 25.0 Å². The molecule has 0 bridgehead atoms. The number of nitrogens with zero attached hydrogens (tertiary/aromatic N) is 4. The van der Waals surface area contributed by atoms with Crippen LogP contribution in [0.25, 0.3) is 22.3 Å². The van der Waals surface area contributed by atoms with Gasteiger partial charge in [0.2, 0.25) is 0 Å². The summed E-state index contributed by atoms with van der Waals surface area (Å²) in [5, 5.41) is 7.88. The van der Waals surface area contributed by atoms with Crippen molar-refractivity contribution in [2.45, 2.75) is 19.4 Å². The normalized spacial score (nSPS) is 15.1. The van der Waals surface area contributed by atoms with Crippen molar-refractivity contribution in [3.63, 3.8) is 0 Å². The number of benzene rings is 2. The number of nitrogen functional groups attached to an aromatic ring is 1. The summed E-state index contributed by atoms with van der Waals surface area (Å²) in [6.07, 6.45) is 5.84. The van der Waals surface area contributed by atoms with E-state index in [1.54, 1.807) is 28.0 Å². The van der Waals surface area contributed by atoms with Crippen molar-refractivity contribution in [2.75, 3.05) is 18.8 Å². The maximum absolute atomic E-state index is 13.1. The average Bonchev–Trinajstić information content (AvgIpc) is 3.53. The summed E-state index contributed by atoms with van der Waals surface area (Å²) in [5.41, 5.74) is 11.7. The third-order valence-corrected chi connectivity index (χ3v) is 6.88. The van der Waals surface area contributed by atoms with E-state index >= 15 is 0 Å². The Balaban J connectivity index is 1.23. The SMILES string of the molecule is Cc1cc(Cl)ccc1-c1ccc(C(=O)N2CC[C@@H](NC(=O)c3cc(-c4cnn(C)c4)cnc3N)C2)cc1. The van der Waals surface area contributed by atoms with Crippen LogP contribution in [0.2, 0.25) is 5.02 Å². The number of pyridine rings is 1. The lowest BCUT2D eigenvalue weighted by atomic mass is 9.99. The summed E-state index contributed by atoms with van der Waals surface area (Å²) >= 11 is 6.07. The lowest BCUT2D eigenvalue weighted by molar-refractivity contribution is 0.0783. The highest BCUT2D eigenvalue weighted by atomic mass is 35.5. The number of likely N-dealkylation sites (tertiary alicyclic amines) is 1. The number of carbonyl (C=O) groups is 2. The highest BCUT2D eigenvalue weighted by Gasteiger charge is 2.29. The van der Waals surface area contributed by atoms with E-state index in [1.165, 1.54) is 0 Å². The van der Waals surface area contributed by atoms with Gasteiger partial charge in [0.15, 0.2) is 0 Å². The summed E-state index contributed by atoms with van der Waals surface area (Å²) in [6, 6.07) is 14.9. The van der Waals surface area contributed by atoms with E-state index in [-0.39, 0.29) is 23.7 Å². The van der Waals surface area contributed by atoms with Gasteiger partial charge in [-0.1, -0.05) is 29.8 Å². The molecule has 4 aromatic rings. The molecule has 8 nitrogen and oxygen atoms in total. The van der Waals surface area contributed by atoms with E-state index in [9.17, 15) is 9.59 Å². The molecule has 0 aliphatic carbocycles. The highest BCUT2D eigenvalue weighted by Crippen LogP contribution is 2.27. The Morgan fingerprint density at radius 2 is 1.84 bits per heavy atom. The van der Waals surface area contributed by atoms with Gasteiger partial charge in [-0.3, -0.25) is 14.3 Å². The van der Waals surface area contributed by atoms with Crippen LogP contribution in [0.3, 0.4) is 0 Å². The summed E-state index contributed by atoms with van der Waals surface area (Å²) in [5.74, 6) is -0.208. The molecule has 1 fully saturated rings. The molecule has 2 amide bonds. The molecule has 1 saturated heterocycles. The fourth-order valence-electron chi connectivity index (χ4n) is 4.64. The van der Waals surface area contributed by atoms with Gasteiger partial charge in [0.05, 0.1) is 11.8 Å². The molecule has 1 aliphatic rings. The van der Waals surface area contributed by atoms with Crippen molar-refractivity contribution in [3.05, 3.63) is 88.8 Å². The molecule has 1 atom stereocenters. The van der Waals surface area contributed by atoms with E-state index in [4.69, 9.17) is 17.3 Å². The second-order valence-electron chi connectivity index (χ2n) is 9.31. The second-order valence-corrected chi connectivity index (χ2v) is 9.74. The standard InChI is InChI=1S/C28H27ClN6O2/c1-17-11-22(29)7-8-24(17)18-3-5-19(6-4-18)28(37)35-10-9-23(16-35)33-27(36)25-12-20(13-31-26(25)30)21-14-32-34(2)15-21/h3-8,11-15,23H,9-10,16H2,1-2H3,(H2,30,31)(H,33,36)/t23-/m1/s1. The third-order valence-electron chi connectivity index (χ3n) is 6.64. The number of rotatable bonds is 5. The van der Waals surface area contributed by atoms with Crippen LogP contribution in [-0.2, 0) is 7.05 Å². The van der Waals surface area contributed by atoms with Gasteiger partial charge in [-0.2, -0.15) is 5.10 Å². The zero-order valence-electron chi connectivity index (χ0n) is 20.6. The number of hydrogen-bond donors (Lipinski definition) is 2. The predicted octanol–water partition coefficient (Wildman–Crippen LogP) is 4.34. The molecule has 0 saturated carbocycles. The monoisotopic (exact) mass is 514 g/mol. The summed E-state index contributed by atoms with van der Waals surface area (Å²) in [6.45, 7) is 3.00. The Bertz CT molecular complexity index is 1480. The van der Waals surface area contributed by atoms with Crippen molar-refractivity contribution in [2.24, 2.45) is 7.05 Å². The first-order valence-corrected chi connectivity index (χ1v) is 12.4. The molecule has 2 aromatic heterocycles. The first kappa shape index (κ1) is 24.5. The van der Waals surface area contributed by atoms with Gasteiger partial charge in [-0.15, -0.1) is 0 Å². The molecule has 9 heteroatoms. The van der Waals surface area contributed by atoms with Crippen molar-refractivity contribution in [1.29, 1.82) is 0 Å². The summed E-state index contributed by atoms with van der Waals surface area (Å²) in [7, 11) is 1.82. The Morgan fingerprint density at radius 1 is 1.05 bits per heavy atom. The number of nitrogens with two attached hydrogens (primary N) is 1. The van der Waals surface area contributed by atoms with Crippen LogP contribution in [0.4, 0.5) is 5.82 Å². The molecular weight excluding hydrogens is 488 g/mol. The molecule has 0 spiro atoms. The van der Waals surface area contributed by atoms with Gasteiger partial charge >= 0.3 is 0 Å². The zero-order valence-corrected chi connectivity index (χ0v) is 21.4. The maximum atomic E-state index is 13.1. The number of amides is 2. The van der Waals surface area contributed by atoms with Gasteiger partial charge in [0.25, 0.3) is 11.8 Å². The molecule has 37 heavy (non-hydrogen) atoms. The van der Waals surface area contributed by atoms with E-state index in [0.717, 1.165) is 27.8 Å². The molecule has 3 N–H and O–H groups in total. The van der Waals surface area contributed by atoms with Gasteiger partial charge in [-0.05, 0) is 60.4 Å².